The molecule has 1 aliphatic rings. The van der Waals surface area contributed by atoms with Crippen LogP contribution in [0.5, 0.6) is 5.75 Å². The zero-order chi connectivity index (χ0) is 46.1. The van der Waals surface area contributed by atoms with Gasteiger partial charge in [0.15, 0.2) is 0 Å². The highest BCUT2D eigenvalue weighted by atomic mass is 32.2. The van der Waals surface area contributed by atoms with Crippen molar-refractivity contribution in [1.29, 1.82) is 0 Å². The van der Waals surface area contributed by atoms with Crippen LogP contribution in [0.4, 0.5) is 4.79 Å². The number of aliphatic carboxylic acids is 1. The average molecular weight is 884 g/mol. The summed E-state index contributed by atoms with van der Waals surface area (Å²) in [4.78, 5) is 99.0. The summed E-state index contributed by atoms with van der Waals surface area (Å²) >= 11 is 0. The Hall–Kier alpha value is -5.52. The number of rotatable bonds is 14. The first-order valence-corrected chi connectivity index (χ1v) is 22.8. The van der Waals surface area contributed by atoms with Crippen LogP contribution in [-0.2, 0) is 52.4 Å². The smallest absolute Gasteiger partial charge is 0.326 e. The fourth-order valence-electron chi connectivity index (χ4n) is 7.24. The van der Waals surface area contributed by atoms with Crippen LogP contribution < -0.4 is 26.6 Å². The van der Waals surface area contributed by atoms with Crippen LogP contribution in [0.1, 0.15) is 77.3 Å². The molecule has 0 aliphatic carbocycles. The van der Waals surface area contributed by atoms with Crippen molar-refractivity contribution in [3.8, 4) is 5.75 Å². The summed E-state index contributed by atoms with van der Waals surface area (Å²) in [6.45, 7) is 7.27. The van der Waals surface area contributed by atoms with Gasteiger partial charge in [-0.3, -0.25) is 28.2 Å². The lowest BCUT2D eigenvalue weighted by Gasteiger charge is -2.36. The summed E-state index contributed by atoms with van der Waals surface area (Å²) < 4.78 is 12.2. The van der Waals surface area contributed by atoms with Gasteiger partial charge in [-0.2, -0.15) is 0 Å². The van der Waals surface area contributed by atoms with Crippen LogP contribution in [-0.4, -0.2) is 135 Å². The van der Waals surface area contributed by atoms with Crippen molar-refractivity contribution in [3.05, 3.63) is 65.7 Å². The van der Waals surface area contributed by atoms with Crippen LogP contribution in [0.25, 0.3) is 0 Å². The number of urea groups is 1. The second-order valence-electron chi connectivity index (χ2n) is 16.7. The third-order valence-corrected chi connectivity index (χ3v) is 11.6. The predicted molar refractivity (Wildman–Crippen MR) is 235 cm³/mol. The van der Waals surface area contributed by atoms with E-state index in [4.69, 9.17) is 0 Å². The highest BCUT2D eigenvalue weighted by molar-refractivity contribution is 7.84. The third kappa shape index (κ3) is 16.1. The van der Waals surface area contributed by atoms with Gasteiger partial charge < -0.3 is 46.6 Å². The zero-order valence-corrected chi connectivity index (χ0v) is 37.7. The molecule has 342 valence electrons. The fourth-order valence-corrected chi connectivity index (χ4v) is 7.79. The second-order valence-corrected chi connectivity index (χ2v) is 18.2. The molecule has 3 rings (SSSR count). The summed E-state index contributed by atoms with van der Waals surface area (Å²) in [5.41, 5.74) is 1.45. The number of carboxylic acids is 1. The van der Waals surface area contributed by atoms with E-state index < -0.39 is 94.5 Å². The van der Waals surface area contributed by atoms with E-state index in [-0.39, 0.29) is 62.5 Å². The van der Waals surface area contributed by atoms with E-state index in [2.05, 4.69) is 26.6 Å². The van der Waals surface area contributed by atoms with Gasteiger partial charge >= 0.3 is 12.0 Å². The van der Waals surface area contributed by atoms with Crippen LogP contribution in [0, 0.1) is 11.8 Å². The molecule has 2 aromatic carbocycles. The number of hydrogen-bond donors (Lipinski definition) is 7. The number of carbonyl (C=O) groups excluding carboxylic acids is 6. The van der Waals surface area contributed by atoms with E-state index >= 15 is 0 Å². The second kappa shape index (κ2) is 24.8. The minimum Gasteiger partial charge on any atom is -0.508 e. The van der Waals surface area contributed by atoms with Crippen LogP contribution >= 0.6 is 0 Å². The summed E-state index contributed by atoms with van der Waals surface area (Å²) in [5.74, 6) is -4.71. The number of amides is 7. The number of benzene rings is 2. The van der Waals surface area contributed by atoms with E-state index in [0.29, 0.717) is 18.4 Å². The molecule has 7 atom stereocenters. The molecule has 0 saturated carbocycles. The quantitative estimate of drug-likeness (QED) is 0.146. The lowest BCUT2D eigenvalue weighted by atomic mass is 9.97. The molecule has 2 aromatic rings. The van der Waals surface area contributed by atoms with Gasteiger partial charge in [0, 0.05) is 49.9 Å². The molecule has 0 radical (unpaired) electrons. The first-order valence-electron chi connectivity index (χ1n) is 21.1. The van der Waals surface area contributed by atoms with E-state index in [1.165, 1.54) is 42.3 Å². The highest BCUT2D eigenvalue weighted by Crippen LogP contribution is 2.20. The molecule has 1 fully saturated rings. The number of aryl methyl sites for hydroxylation is 1. The third-order valence-electron chi connectivity index (χ3n) is 10.8. The summed E-state index contributed by atoms with van der Waals surface area (Å²) in [6.07, 6.45) is 2.81. The maximum absolute atomic E-state index is 14.5. The lowest BCUT2D eigenvalue weighted by molar-refractivity contribution is -0.149. The molecule has 1 saturated heterocycles. The van der Waals surface area contributed by atoms with Crippen molar-refractivity contribution in [3.63, 3.8) is 0 Å². The molecule has 1 aliphatic heterocycles. The minimum atomic E-state index is -1.32. The summed E-state index contributed by atoms with van der Waals surface area (Å²) in [5, 5.41) is 33.2. The van der Waals surface area contributed by atoms with Crippen molar-refractivity contribution in [2.75, 3.05) is 32.6 Å². The number of nitrogens with one attached hydrogen (secondary N) is 5. The molecule has 62 heavy (non-hydrogen) atoms. The van der Waals surface area contributed by atoms with Gasteiger partial charge in [-0.1, -0.05) is 70.2 Å². The Balaban J connectivity index is 2.02. The minimum absolute atomic E-state index is 0.0175. The van der Waals surface area contributed by atoms with Gasteiger partial charge in [-0.05, 0) is 80.0 Å². The zero-order valence-electron chi connectivity index (χ0n) is 36.8. The molecule has 1 heterocycles. The monoisotopic (exact) mass is 883 g/mol. The number of aromatic hydroxyl groups is 1. The Morgan fingerprint density at radius 2 is 1.47 bits per heavy atom. The Morgan fingerprint density at radius 1 is 0.823 bits per heavy atom. The maximum Gasteiger partial charge on any atom is 0.326 e. The van der Waals surface area contributed by atoms with Crippen molar-refractivity contribution in [2.24, 2.45) is 11.8 Å². The standard InChI is InChI=1S/C44H65N7O10S/c1-27(2)25-33-41(56)51(6)36(21-18-29-16-19-31(52)20-17-29)42(57)50(5)35(22-24-62(7)61)39(54)45-23-12-11-15-32(38(53)49-37(28(3)4)40(55)46-33)47-44(60)48-34(43(58)59)26-30-13-9-8-10-14-30/h8-10,13-14,16-17,19-20,27-28,32-37,52H,11-12,15,18,21-26H2,1-7H3,(H,45,54)(H,46,55)(H,49,53)(H,58,59)(H2,47,48,60)/t32-,33+,34+,35+,36+,37+,62+/m1/s1. The molecule has 7 amide bonds. The first-order chi connectivity index (χ1) is 29.3. The molecular formula is C44H65N7O10S. The van der Waals surface area contributed by atoms with Gasteiger partial charge in [0.25, 0.3) is 0 Å². The van der Waals surface area contributed by atoms with Gasteiger partial charge in [0.2, 0.25) is 29.5 Å². The SMILES string of the molecule is CC(C)C[C@@H]1NC(=O)[C@H](C(C)C)NC(=O)[C@H](NC(=O)N[C@@H](Cc2ccccc2)C(=O)O)CCCCNC(=O)[C@H](CC[S@](C)=O)N(C)C(=O)[C@H](CCc2ccc(O)cc2)N(C)C1=O. The molecule has 18 heteroatoms. The normalized spacial score (nSPS) is 22.4. The molecule has 0 spiro atoms. The lowest BCUT2D eigenvalue weighted by Crippen LogP contribution is -2.61. The molecule has 17 nitrogen and oxygen atoms in total. The summed E-state index contributed by atoms with van der Waals surface area (Å²) in [6, 6.07) is 7.21. The largest absolute Gasteiger partial charge is 0.508 e. The summed E-state index contributed by atoms with van der Waals surface area (Å²) in [7, 11) is 1.63. The number of phenols is 1. The van der Waals surface area contributed by atoms with Crippen LogP contribution in [0.3, 0.4) is 0 Å². The predicted octanol–water partition coefficient (Wildman–Crippen LogP) is 2.08. The molecule has 0 unspecified atom stereocenters. The van der Waals surface area contributed by atoms with E-state index in [9.17, 15) is 48.0 Å². The van der Waals surface area contributed by atoms with Gasteiger partial charge in [-0.15, -0.1) is 0 Å². The molecule has 0 aromatic heterocycles. The topological polar surface area (TPSA) is 244 Å². The Labute approximate surface area is 367 Å². The number of nitrogens with zero attached hydrogens (tertiary/aromatic N) is 2. The average Bonchev–Trinajstić information content (AvgIpc) is 3.21. The molecule has 7 N–H and O–H groups in total. The number of likely N-dealkylation sites (N-methyl/N-ethyl adjacent to an activating group) is 2. The van der Waals surface area contributed by atoms with Crippen molar-refractivity contribution < 1.29 is 48.0 Å². The van der Waals surface area contributed by atoms with Crippen molar-refractivity contribution in [1.82, 2.24) is 36.4 Å². The van der Waals surface area contributed by atoms with Crippen LogP contribution in [0.15, 0.2) is 54.6 Å². The molecule has 0 bridgehead atoms. The number of hydrogen-bond acceptors (Lipinski definition) is 9. The number of phenolic OH excluding ortho intramolecular Hbond substituents is 1. The first kappa shape index (κ1) is 50.8. The van der Waals surface area contributed by atoms with E-state index in [1.54, 1.807) is 56.3 Å². The van der Waals surface area contributed by atoms with Crippen molar-refractivity contribution in [2.45, 2.75) is 115 Å². The number of carboxylic acid groups (broad SMARTS) is 1. The van der Waals surface area contributed by atoms with Gasteiger partial charge in [0.1, 0.15) is 42.0 Å². The Bertz CT molecular complexity index is 1860. The van der Waals surface area contributed by atoms with Crippen molar-refractivity contribution >= 4 is 52.3 Å². The van der Waals surface area contributed by atoms with Gasteiger partial charge in [-0.25, -0.2) is 9.59 Å². The molecular weight excluding hydrogens is 819 g/mol. The highest BCUT2D eigenvalue weighted by Gasteiger charge is 2.39. The maximum atomic E-state index is 14.5. The Morgan fingerprint density at radius 3 is 2.06 bits per heavy atom. The fraction of sp³-hybridized carbons (Fsp3) is 0.568. The van der Waals surface area contributed by atoms with E-state index in [1.807, 2.05) is 13.8 Å². The van der Waals surface area contributed by atoms with Gasteiger partial charge in [0.05, 0.1) is 0 Å². The van der Waals surface area contributed by atoms with E-state index in [0.717, 1.165) is 5.56 Å². The van der Waals surface area contributed by atoms with Crippen LogP contribution in [0.2, 0.25) is 0 Å². The number of carbonyl (C=O) groups is 7. The Kier molecular flexibility index (Phi) is 20.3.